The highest BCUT2D eigenvalue weighted by Gasteiger charge is 2.18. The number of ether oxygens (including phenoxy) is 2. The lowest BCUT2D eigenvalue weighted by Gasteiger charge is -2.17. The van der Waals surface area contributed by atoms with E-state index in [1.165, 1.54) is 0 Å². The molecule has 0 aliphatic carbocycles. The third-order valence-corrected chi connectivity index (χ3v) is 4.16. The molecule has 0 saturated carbocycles. The molecule has 0 unspecified atom stereocenters. The monoisotopic (exact) mass is 337 g/mol. The SMILES string of the molecule is Clc1ccc(OCc2ccccc2Cl)c(O[C@@H]2CCNC2)c1. The Morgan fingerprint density at radius 2 is 1.95 bits per heavy atom. The van der Waals surface area contributed by atoms with Crippen molar-refractivity contribution in [3.63, 3.8) is 0 Å². The van der Waals surface area contributed by atoms with Crippen LogP contribution in [0.3, 0.4) is 0 Å². The average Bonchev–Trinajstić information content (AvgIpc) is 3.01. The van der Waals surface area contributed by atoms with Crippen LogP contribution in [0.15, 0.2) is 42.5 Å². The van der Waals surface area contributed by atoms with E-state index in [0.29, 0.717) is 28.2 Å². The summed E-state index contributed by atoms with van der Waals surface area (Å²) in [5.74, 6) is 1.35. The number of benzene rings is 2. The number of hydrogen-bond acceptors (Lipinski definition) is 3. The first-order chi connectivity index (χ1) is 10.7. The summed E-state index contributed by atoms with van der Waals surface area (Å²) >= 11 is 12.2. The van der Waals surface area contributed by atoms with Gasteiger partial charge in [-0.1, -0.05) is 41.4 Å². The van der Waals surface area contributed by atoms with Gasteiger partial charge in [0.25, 0.3) is 0 Å². The minimum Gasteiger partial charge on any atom is -0.485 e. The second kappa shape index (κ2) is 7.23. The molecule has 2 aromatic carbocycles. The van der Waals surface area contributed by atoms with Gasteiger partial charge in [0.05, 0.1) is 0 Å². The van der Waals surface area contributed by atoms with Gasteiger partial charge in [0.1, 0.15) is 12.7 Å². The lowest BCUT2D eigenvalue weighted by Crippen LogP contribution is -2.19. The molecule has 0 spiro atoms. The molecular formula is C17H17Cl2NO2. The van der Waals surface area contributed by atoms with E-state index in [0.717, 1.165) is 25.1 Å². The lowest BCUT2D eigenvalue weighted by molar-refractivity contribution is 0.204. The third-order valence-electron chi connectivity index (χ3n) is 3.56. The Bertz CT molecular complexity index is 642. The van der Waals surface area contributed by atoms with Crippen molar-refractivity contribution in [2.75, 3.05) is 13.1 Å². The van der Waals surface area contributed by atoms with Gasteiger partial charge in [-0.25, -0.2) is 0 Å². The highest BCUT2D eigenvalue weighted by Crippen LogP contribution is 2.33. The largest absolute Gasteiger partial charge is 0.485 e. The van der Waals surface area contributed by atoms with E-state index in [1.807, 2.05) is 30.3 Å². The maximum absolute atomic E-state index is 6.15. The van der Waals surface area contributed by atoms with Crippen molar-refractivity contribution in [2.45, 2.75) is 19.1 Å². The molecule has 0 radical (unpaired) electrons. The van der Waals surface area contributed by atoms with Gasteiger partial charge in [0.15, 0.2) is 11.5 Å². The van der Waals surface area contributed by atoms with Crippen LogP contribution in [-0.2, 0) is 6.61 Å². The van der Waals surface area contributed by atoms with Crippen LogP contribution in [0.25, 0.3) is 0 Å². The van der Waals surface area contributed by atoms with Crippen molar-refractivity contribution in [2.24, 2.45) is 0 Å². The molecule has 1 fully saturated rings. The van der Waals surface area contributed by atoms with Crippen molar-refractivity contribution >= 4 is 23.2 Å². The average molecular weight is 338 g/mol. The van der Waals surface area contributed by atoms with Gasteiger partial charge < -0.3 is 14.8 Å². The fourth-order valence-electron chi connectivity index (χ4n) is 2.37. The molecule has 1 aliphatic heterocycles. The van der Waals surface area contributed by atoms with Crippen molar-refractivity contribution in [1.82, 2.24) is 5.32 Å². The van der Waals surface area contributed by atoms with Crippen LogP contribution >= 0.6 is 23.2 Å². The van der Waals surface area contributed by atoms with E-state index in [1.54, 1.807) is 12.1 Å². The molecule has 0 bridgehead atoms. The van der Waals surface area contributed by atoms with Crippen LogP contribution in [0, 0.1) is 0 Å². The molecule has 116 valence electrons. The van der Waals surface area contributed by atoms with E-state index in [2.05, 4.69) is 5.32 Å². The van der Waals surface area contributed by atoms with Crippen molar-refractivity contribution in [3.05, 3.63) is 58.1 Å². The summed E-state index contributed by atoms with van der Waals surface area (Å²) in [7, 11) is 0. The van der Waals surface area contributed by atoms with Crippen molar-refractivity contribution < 1.29 is 9.47 Å². The molecule has 1 heterocycles. The molecular weight excluding hydrogens is 321 g/mol. The maximum atomic E-state index is 6.15. The molecule has 1 aliphatic rings. The third kappa shape index (κ3) is 3.86. The fourth-order valence-corrected chi connectivity index (χ4v) is 2.72. The first-order valence-corrected chi connectivity index (χ1v) is 8.01. The molecule has 0 aromatic heterocycles. The van der Waals surface area contributed by atoms with Crippen LogP contribution < -0.4 is 14.8 Å². The zero-order chi connectivity index (χ0) is 15.4. The molecule has 5 heteroatoms. The highest BCUT2D eigenvalue weighted by molar-refractivity contribution is 6.31. The van der Waals surface area contributed by atoms with Crippen LogP contribution in [-0.4, -0.2) is 19.2 Å². The zero-order valence-corrected chi connectivity index (χ0v) is 13.5. The highest BCUT2D eigenvalue weighted by atomic mass is 35.5. The topological polar surface area (TPSA) is 30.5 Å². The first-order valence-electron chi connectivity index (χ1n) is 7.25. The quantitative estimate of drug-likeness (QED) is 0.881. The number of rotatable bonds is 5. The number of nitrogens with one attached hydrogen (secondary N) is 1. The predicted molar refractivity (Wildman–Crippen MR) is 89.1 cm³/mol. The Morgan fingerprint density at radius 3 is 2.73 bits per heavy atom. The van der Waals surface area contributed by atoms with Gasteiger partial charge in [-0.05, 0) is 31.2 Å². The normalized spacial score (nSPS) is 17.5. The van der Waals surface area contributed by atoms with Crippen molar-refractivity contribution in [1.29, 1.82) is 0 Å². The van der Waals surface area contributed by atoms with Crippen molar-refractivity contribution in [3.8, 4) is 11.5 Å². The summed E-state index contributed by atoms with van der Waals surface area (Å²) in [5, 5.41) is 4.60. The fraction of sp³-hybridized carbons (Fsp3) is 0.294. The standard InChI is InChI=1S/C17H17Cl2NO2/c18-13-5-6-16(17(9-13)22-14-7-8-20-10-14)21-11-12-3-1-2-4-15(12)19/h1-6,9,14,20H,7-8,10-11H2/t14-/m1/s1. The van der Waals surface area contributed by atoms with Gasteiger partial charge in [-0.15, -0.1) is 0 Å². The zero-order valence-electron chi connectivity index (χ0n) is 12.0. The first kappa shape index (κ1) is 15.5. The van der Waals surface area contributed by atoms with Crippen LogP contribution in [0.5, 0.6) is 11.5 Å². The Hall–Kier alpha value is -1.42. The Morgan fingerprint density at radius 1 is 1.09 bits per heavy atom. The van der Waals surface area contributed by atoms with E-state index in [-0.39, 0.29) is 6.10 Å². The summed E-state index contributed by atoms with van der Waals surface area (Å²) in [6.07, 6.45) is 1.14. The molecule has 2 aromatic rings. The Balaban J connectivity index is 1.73. The van der Waals surface area contributed by atoms with E-state index >= 15 is 0 Å². The van der Waals surface area contributed by atoms with Gasteiger partial charge >= 0.3 is 0 Å². The Kier molecular flexibility index (Phi) is 5.08. The minimum atomic E-state index is 0.154. The number of hydrogen-bond donors (Lipinski definition) is 1. The smallest absolute Gasteiger partial charge is 0.163 e. The lowest BCUT2D eigenvalue weighted by atomic mass is 10.2. The van der Waals surface area contributed by atoms with Gasteiger partial charge in [0.2, 0.25) is 0 Å². The summed E-state index contributed by atoms with van der Waals surface area (Å²) in [6, 6.07) is 13.1. The van der Waals surface area contributed by atoms with Crippen LogP contribution in [0.1, 0.15) is 12.0 Å². The molecule has 1 saturated heterocycles. The van der Waals surface area contributed by atoms with E-state index in [4.69, 9.17) is 32.7 Å². The Labute approximate surface area is 140 Å². The molecule has 1 atom stereocenters. The van der Waals surface area contributed by atoms with Gasteiger partial charge in [-0.2, -0.15) is 0 Å². The maximum Gasteiger partial charge on any atom is 0.163 e. The second-order valence-electron chi connectivity index (χ2n) is 5.20. The van der Waals surface area contributed by atoms with E-state index in [9.17, 15) is 0 Å². The molecule has 3 nitrogen and oxygen atoms in total. The minimum absolute atomic E-state index is 0.154. The second-order valence-corrected chi connectivity index (χ2v) is 6.05. The predicted octanol–water partition coefficient (Wildman–Crippen LogP) is 4.31. The van der Waals surface area contributed by atoms with E-state index < -0.39 is 0 Å². The van der Waals surface area contributed by atoms with Gasteiger partial charge in [0, 0.05) is 28.2 Å². The number of halogens is 2. The molecule has 3 rings (SSSR count). The summed E-state index contributed by atoms with van der Waals surface area (Å²) in [6.45, 7) is 2.21. The summed E-state index contributed by atoms with van der Waals surface area (Å²) in [5.41, 5.74) is 0.938. The summed E-state index contributed by atoms with van der Waals surface area (Å²) < 4.78 is 11.9. The molecule has 1 N–H and O–H groups in total. The van der Waals surface area contributed by atoms with Gasteiger partial charge in [-0.3, -0.25) is 0 Å². The van der Waals surface area contributed by atoms with Crippen LogP contribution in [0.2, 0.25) is 10.0 Å². The summed E-state index contributed by atoms with van der Waals surface area (Å²) in [4.78, 5) is 0. The molecule has 22 heavy (non-hydrogen) atoms. The van der Waals surface area contributed by atoms with Crippen LogP contribution in [0.4, 0.5) is 0 Å². The molecule has 0 amide bonds.